The first kappa shape index (κ1) is 17.2. The van der Waals surface area contributed by atoms with Gasteiger partial charge in [-0.05, 0) is 36.8 Å². The maximum atomic E-state index is 13.0. The van der Waals surface area contributed by atoms with E-state index < -0.39 is 0 Å². The Morgan fingerprint density at radius 2 is 2.14 bits per heavy atom. The largest absolute Gasteiger partial charge is 0.394 e. The summed E-state index contributed by atoms with van der Waals surface area (Å²) in [5, 5.41) is 13.6. The number of nitrogens with zero attached hydrogens (tertiary/aromatic N) is 1. The number of aliphatic hydroxyl groups is 1. The van der Waals surface area contributed by atoms with Crippen LogP contribution in [0.5, 0.6) is 0 Å². The first-order valence-corrected chi connectivity index (χ1v) is 9.39. The quantitative estimate of drug-likeness (QED) is 0.826. The molecule has 0 unspecified atom stereocenters. The third kappa shape index (κ3) is 3.59. The number of hydrogen-bond acceptors (Lipinski definition) is 4. The Morgan fingerprint density at radius 3 is 2.68 bits per heavy atom. The van der Waals surface area contributed by atoms with E-state index in [1.165, 1.54) is 4.88 Å². The Kier molecular flexibility index (Phi) is 6.17. The highest BCUT2D eigenvalue weighted by atomic mass is 32.1. The summed E-state index contributed by atoms with van der Waals surface area (Å²) in [4.78, 5) is 17.2. The minimum Gasteiger partial charge on any atom is -0.394 e. The van der Waals surface area contributed by atoms with Crippen LogP contribution in [0.3, 0.4) is 0 Å². The van der Waals surface area contributed by atoms with Crippen LogP contribution in [0.15, 0.2) is 22.9 Å². The average Bonchev–Trinajstić information content (AvgIpc) is 3.16. The van der Waals surface area contributed by atoms with Gasteiger partial charge in [0.2, 0.25) is 0 Å². The van der Waals surface area contributed by atoms with Crippen LogP contribution >= 0.6 is 22.7 Å². The second kappa shape index (κ2) is 7.90. The fourth-order valence-electron chi connectivity index (χ4n) is 2.64. The van der Waals surface area contributed by atoms with Crippen LogP contribution in [0.2, 0.25) is 0 Å². The van der Waals surface area contributed by atoms with Crippen LogP contribution in [-0.2, 0) is 13.0 Å². The summed E-state index contributed by atoms with van der Waals surface area (Å²) in [5.74, 6) is 0.0375. The number of carbonyl (C=O) groups is 1. The maximum Gasteiger partial charge on any atom is 0.255 e. The smallest absolute Gasteiger partial charge is 0.255 e. The molecule has 3 nitrogen and oxygen atoms in total. The van der Waals surface area contributed by atoms with Crippen molar-refractivity contribution >= 4 is 28.6 Å². The molecule has 0 aromatic carbocycles. The van der Waals surface area contributed by atoms with Crippen molar-refractivity contribution in [3.05, 3.63) is 43.8 Å². The van der Waals surface area contributed by atoms with E-state index in [-0.39, 0.29) is 18.6 Å². The first-order valence-electron chi connectivity index (χ1n) is 7.63. The normalized spacial score (nSPS) is 12.4. The molecular formula is C17H23NO2S2. The predicted molar refractivity (Wildman–Crippen MR) is 93.8 cm³/mol. The second-order valence-corrected chi connectivity index (χ2v) is 7.41. The summed E-state index contributed by atoms with van der Waals surface area (Å²) in [6.45, 7) is 6.72. The molecule has 2 heterocycles. The van der Waals surface area contributed by atoms with Gasteiger partial charge in [0, 0.05) is 15.1 Å². The van der Waals surface area contributed by atoms with Crippen molar-refractivity contribution < 1.29 is 9.90 Å². The Bertz CT molecular complexity index is 600. The van der Waals surface area contributed by atoms with E-state index in [9.17, 15) is 9.90 Å². The Hall–Kier alpha value is -1.17. The van der Waals surface area contributed by atoms with Gasteiger partial charge in [0.15, 0.2) is 0 Å². The van der Waals surface area contributed by atoms with Crippen molar-refractivity contribution in [1.82, 2.24) is 4.90 Å². The summed E-state index contributed by atoms with van der Waals surface area (Å²) in [6.07, 6.45) is 1.61. The molecule has 5 heteroatoms. The van der Waals surface area contributed by atoms with E-state index in [4.69, 9.17) is 0 Å². The van der Waals surface area contributed by atoms with E-state index in [1.807, 2.05) is 34.7 Å². The summed E-state index contributed by atoms with van der Waals surface area (Å²) in [5.41, 5.74) is 1.94. The van der Waals surface area contributed by atoms with Crippen molar-refractivity contribution in [3.63, 3.8) is 0 Å². The molecule has 0 bridgehead atoms. The van der Waals surface area contributed by atoms with Crippen LogP contribution in [-0.4, -0.2) is 28.6 Å². The molecule has 120 valence electrons. The number of rotatable bonds is 7. The lowest BCUT2D eigenvalue weighted by atomic mass is 10.1. The highest BCUT2D eigenvalue weighted by molar-refractivity contribution is 7.10. The molecular weight excluding hydrogens is 314 g/mol. The van der Waals surface area contributed by atoms with Gasteiger partial charge in [0.1, 0.15) is 0 Å². The fourth-order valence-corrected chi connectivity index (χ4v) is 4.27. The van der Waals surface area contributed by atoms with Gasteiger partial charge in [-0.25, -0.2) is 0 Å². The Labute approximate surface area is 140 Å². The van der Waals surface area contributed by atoms with E-state index in [1.54, 1.807) is 22.7 Å². The first-order chi connectivity index (χ1) is 10.6. The van der Waals surface area contributed by atoms with Crippen molar-refractivity contribution in [2.24, 2.45) is 0 Å². The van der Waals surface area contributed by atoms with Gasteiger partial charge >= 0.3 is 0 Å². The standard InChI is InChI=1S/C17H23NO2S2/c1-4-13(10-19)18(9-14-7-6-8-21-14)17(20)16-11-22-12(3)15(16)5-2/h6-8,11,13,19H,4-5,9-10H2,1-3H3/t13-/m0/s1. The van der Waals surface area contributed by atoms with Crippen LogP contribution in [0.25, 0.3) is 0 Å². The van der Waals surface area contributed by atoms with E-state index in [0.29, 0.717) is 6.54 Å². The molecule has 0 fully saturated rings. The van der Waals surface area contributed by atoms with E-state index in [0.717, 1.165) is 28.8 Å². The van der Waals surface area contributed by atoms with Gasteiger partial charge in [-0.1, -0.05) is 19.9 Å². The Balaban J connectivity index is 2.32. The summed E-state index contributed by atoms with van der Waals surface area (Å²) in [6, 6.07) is 3.89. The number of thiophene rings is 2. The molecule has 1 N–H and O–H groups in total. The molecule has 0 spiro atoms. The number of hydrogen-bond donors (Lipinski definition) is 1. The lowest BCUT2D eigenvalue weighted by molar-refractivity contribution is 0.0566. The van der Waals surface area contributed by atoms with Crippen LogP contribution in [0.4, 0.5) is 0 Å². The molecule has 0 aliphatic heterocycles. The van der Waals surface area contributed by atoms with E-state index in [2.05, 4.69) is 13.8 Å². The molecule has 0 radical (unpaired) electrons. The van der Waals surface area contributed by atoms with E-state index >= 15 is 0 Å². The van der Waals surface area contributed by atoms with Gasteiger partial charge in [-0.15, -0.1) is 22.7 Å². The molecule has 0 aliphatic carbocycles. The number of amides is 1. The fraction of sp³-hybridized carbons (Fsp3) is 0.471. The minimum atomic E-state index is -0.139. The summed E-state index contributed by atoms with van der Waals surface area (Å²) in [7, 11) is 0. The van der Waals surface area contributed by atoms with Gasteiger partial charge in [-0.3, -0.25) is 4.79 Å². The molecule has 1 amide bonds. The van der Waals surface area contributed by atoms with Crippen molar-refractivity contribution in [2.75, 3.05) is 6.61 Å². The third-order valence-corrected chi connectivity index (χ3v) is 5.79. The lowest BCUT2D eigenvalue weighted by Gasteiger charge is -2.30. The molecule has 22 heavy (non-hydrogen) atoms. The van der Waals surface area contributed by atoms with Gasteiger partial charge in [-0.2, -0.15) is 0 Å². The maximum absolute atomic E-state index is 13.0. The Morgan fingerprint density at radius 1 is 1.36 bits per heavy atom. The van der Waals surface area contributed by atoms with Crippen LogP contribution in [0.1, 0.15) is 45.9 Å². The lowest BCUT2D eigenvalue weighted by Crippen LogP contribution is -2.41. The topological polar surface area (TPSA) is 40.5 Å². The number of aryl methyl sites for hydroxylation is 1. The van der Waals surface area contributed by atoms with Gasteiger partial charge in [0.25, 0.3) is 5.91 Å². The highest BCUT2D eigenvalue weighted by Crippen LogP contribution is 2.26. The molecule has 2 rings (SSSR count). The third-order valence-electron chi connectivity index (χ3n) is 3.98. The zero-order valence-corrected chi connectivity index (χ0v) is 15.0. The number of aliphatic hydroxyl groups excluding tert-OH is 1. The predicted octanol–water partition coefficient (Wildman–Crippen LogP) is 4.09. The van der Waals surface area contributed by atoms with Crippen LogP contribution in [0, 0.1) is 6.92 Å². The highest BCUT2D eigenvalue weighted by Gasteiger charge is 2.26. The monoisotopic (exact) mass is 337 g/mol. The van der Waals surface area contributed by atoms with Gasteiger partial charge in [0.05, 0.1) is 24.8 Å². The summed E-state index contributed by atoms with van der Waals surface area (Å²) < 4.78 is 0. The molecule has 0 saturated carbocycles. The molecule has 0 aliphatic rings. The molecule has 0 saturated heterocycles. The zero-order valence-electron chi connectivity index (χ0n) is 13.3. The minimum absolute atomic E-state index is 0.00179. The van der Waals surface area contributed by atoms with Gasteiger partial charge < -0.3 is 10.0 Å². The van der Waals surface area contributed by atoms with Crippen LogP contribution < -0.4 is 0 Å². The molecule has 2 aromatic heterocycles. The van der Waals surface area contributed by atoms with Crippen molar-refractivity contribution in [3.8, 4) is 0 Å². The molecule has 1 atom stereocenters. The second-order valence-electron chi connectivity index (χ2n) is 5.29. The SMILES string of the molecule is CCc1c(C(=O)N(Cc2cccs2)[C@@H](CC)CO)csc1C. The summed E-state index contributed by atoms with van der Waals surface area (Å²) >= 11 is 3.27. The average molecular weight is 338 g/mol. The van der Waals surface area contributed by atoms with Crippen molar-refractivity contribution in [2.45, 2.75) is 46.2 Å². The number of carbonyl (C=O) groups excluding carboxylic acids is 1. The van der Waals surface area contributed by atoms with Crippen molar-refractivity contribution in [1.29, 1.82) is 0 Å². The molecule has 2 aromatic rings. The zero-order chi connectivity index (χ0) is 16.1.